The van der Waals surface area contributed by atoms with Gasteiger partial charge in [0.1, 0.15) is 12.3 Å². The minimum Gasteiger partial charge on any atom is -0.493 e. The summed E-state index contributed by atoms with van der Waals surface area (Å²) in [7, 11) is 1.49. The van der Waals surface area contributed by atoms with Crippen molar-refractivity contribution < 1.29 is 24.0 Å². The number of methoxy groups -OCH3 is 1. The van der Waals surface area contributed by atoms with Gasteiger partial charge in [0, 0.05) is 12.1 Å². The van der Waals surface area contributed by atoms with Gasteiger partial charge in [-0.2, -0.15) is 0 Å². The maximum absolute atomic E-state index is 11.7. The maximum atomic E-state index is 11.7. The highest BCUT2D eigenvalue weighted by molar-refractivity contribution is 14.1. The molecule has 3 rings (SSSR count). The van der Waals surface area contributed by atoms with Crippen molar-refractivity contribution in [3.05, 3.63) is 66.9 Å². The fourth-order valence-corrected chi connectivity index (χ4v) is 3.26. The molecule has 1 fully saturated rings. The van der Waals surface area contributed by atoms with Gasteiger partial charge in [0.25, 0.3) is 11.6 Å². The zero-order chi connectivity index (χ0) is 20.3. The summed E-state index contributed by atoms with van der Waals surface area (Å²) in [5.41, 5.74) is 1.56. The van der Waals surface area contributed by atoms with E-state index in [1.807, 2.05) is 0 Å². The van der Waals surface area contributed by atoms with Crippen LogP contribution in [0.25, 0.3) is 6.08 Å². The predicted molar refractivity (Wildman–Crippen MR) is 108 cm³/mol. The smallest absolute Gasteiger partial charge is 0.326 e. The Morgan fingerprint density at radius 2 is 1.89 bits per heavy atom. The van der Waals surface area contributed by atoms with Crippen LogP contribution in [-0.4, -0.2) is 24.0 Å². The summed E-state index contributed by atoms with van der Waals surface area (Å²) in [4.78, 5) is 33.1. The SMILES string of the molecule is COc1cc(/C=C2/NC(=O)NC2=O)cc(I)c1OCc1ccc([N+](=O)[O-])cc1. The van der Waals surface area contributed by atoms with Crippen LogP contribution < -0.4 is 20.1 Å². The number of urea groups is 1. The van der Waals surface area contributed by atoms with E-state index in [0.29, 0.717) is 17.1 Å². The number of carbonyl (C=O) groups is 2. The zero-order valence-corrected chi connectivity index (χ0v) is 16.7. The molecule has 144 valence electrons. The van der Waals surface area contributed by atoms with Crippen LogP contribution in [0.15, 0.2) is 42.1 Å². The Labute approximate surface area is 173 Å². The number of nitro groups is 1. The van der Waals surface area contributed by atoms with Gasteiger partial charge >= 0.3 is 6.03 Å². The van der Waals surface area contributed by atoms with Gasteiger partial charge in [-0.05, 0) is 64.1 Å². The molecule has 0 aliphatic carbocycles. The molecule has 0 bridgehead atoms. The molecule has 0 saturated carbocycles. The fourth-order valence-electron chi connectivity index (χ4n) is 2.48. The van der Waals surface area contributed by atoms with Crippen molar-refractivity contribution in [2.45, 2.75) is 6.61 Å². The Morgan fingerprint density at radius 3 is 2.46 bits per heavy atom. The second-order valence-electron chi connectivity index (χ2n) is 5.71. The number of imide groups is 1. The number of hydrogen-bond donors (Lipinski definition) is 2. The third kappa shape index (κ3) is 4.39. The molecule has 0 aromatic heterocycles. The van der Waals surface area contributed by atoms with Crippen molar-refractivity contribution in [3.63, 3.8) is 0 Å². The van der Waals surface area contributed by atoms with Gasteiger partial charge in [-0.15, -0.1) is 0 Å². The lowest BCUT2D eigenvalue weighted by Gasteiger charge is -2.14. The average molecular weight is 495 g/mol. The number of carbonyl (C=O) groups excluding carboxylic acids is 2. The highest BCUT2D eigenvalue weighted by atomic mass is 127. The molecule has 10 heteroatoms. The van der Waals surface area contributed by atoms with E-state index < -0.39 is 16.9 Å². The Bertz CT molecular complexity index is 988. The van der Waals surface area contributed by atoms with Gasteiger partial charge in [-0.25, -0.2) is 4.79 Å². The molecular weight excluding hydrogens is 481 g/mol. The van der Waals surface area contributed by atoms with Crippen LogP contribution in [0.1, 0.15) is 11.1 Å². The number of rotatable bonds is 6. The minimum atomic E-state index is -0.569. The number of nitrogens with one attached hydrogen (secondary N) is 2. The lowest BCUT2D eigenvalue weighted by Crippen LogP contribution is -2.22. The van der Waals surface area contributed by atoms with Gasteiger partial charge in [0.05, 0.1) is 15.6 Å². The second-order valence-corrected chi connectivity index (χ2v) is 6.87. The number of hydrogen-bond acceptors (Lipinski definition) is 6. The minimum absolute atomic E-state index is 0.0105. The summed E-state index contributed by atoms with van der Waals surface area (Å²) in [6.45, 7) is 0.198. The molecular formula is C18H14IN3O6. The summed E-state index contributed by atoms with van der Waals surface area (Å²) in [5.74, 6) is 0.450. The summed E-state index contributed by atoms with van der Waals surface area (Å²) in [5, 5.41) is 15.3. The molecule has 28 heavy (non-hydrogen) atoms. The zero-order valence-electron chi connectivity index (χ0n) is 14.5. The van der Waals surface area contributed by atoms with Gasteiger partial charge in [0.15, 0.2) is 11.5 Å². The van der Waals surface area contributed by atoms with E-state index in [9.17, 15) is 19.7 Å². The van der Waals surface area contributed by atoms with E-state index in [0.717, 1.165) is 9.13 Å². The van der Waals surface area contributed by atoms with E-state index >= 15 is 0 Å². The molecule has 2 N–H and O–H groups in total. The first-order valence-electron chi connectivity index (χ1n) is 7.95. The van der Waals surface area contributed by atoms with E-state index in [2.05, 4.69) is 33.2 Å². The van der Waals surface area contributed by atoms with Gasteiger partial charge in [-0.1, -0.05) is 0 Å². The third-order valence-electron chi connectivity index (χ3n) is 3.81. The predicted octanol–water partition coefficient (Wildman–Crippen LogP) is 2.97. The first-order valence-corrected chi connectivity index (χ1v) is 9.03. The molecule has 9 nitrogen and oxygen atoms in total. The van der Waals surface area contributed by atoms with Crippen LogP contribution >= 0.6 is 22.6 Å². The number of benzene rings is 2. The summed E-state index contributed by atoms with van der Waals surface area (Å²) in [6.07, 6.45) is 1.53. The van der Waals surface area contributed by atoms with Crippen molar-refractivity contribution in [1.82, 2.24) is 10.6 Å². The van der Waals surface area contributed by atoms with Crippen LogP contribution in [0.4, 0.5) is 10.5 Å². The third-order valence-corrected chi connectivity index (χ3v) is 4.61. The highest BCUT2D eigenvalue weighted by Gasteiger charge is 2.23. The van der Waals surface area contributed by atoms with Crippen LogP contribution in [0, 0.1) is 13.7 Å². The Balaban J connectivity index is 1.80. The van der Waals surface area contributed by atoms with Gasteiger partial charge < -0.3 is 14.8 Å². The molecule has 1 heterocycles. The Hall–Kier alpha value is -3.15. The summed E-state index contributed by atoms with van der Waals surface area (Å²) < 4.78 is 12.0. The number of nitro benzene ring substituents is 1. The largest absolute Gasteiger partial charge is 0.493 e. The van der Waals surface area contributed by atoms with Crippen LogP contribution in [0.2, 0.25) is 0 Å². The highest BCUT2D eigenvalue weighted by Crippen LogP contribution is 2.35. The summed E-state index contributed by atoms with van der Waals surface area (Å²) in [6, 6.07) is 8.96. The van der Waals surface area contributed by atoms with Crippen molar-refractivity contribution >= 4 is 46.3 Å². The molecule has 1 aliphatic heterocycles. The van der Waals surface area contributed by atoms with E-state index in [1.165, 1.54) is 25.3 Å². The average Bonchev–Trinajstić information content (AvgIpc) is 2.97. The number of ether oxygens (including phenoxy) is 2. The quantitative estimate of drug-likeness (QED) is 0.209. The molecule has 2 aromatic rings. The Morgan fingerprint density at radius 1 is 1.18 bits per heavy atom. The van der Waals surface area contributed by atoms with Gasteiger partial charge in [-0.3, -0.25) is 20.2 Å². The number of halogens is 1. The first-order chi connectivity index (χ1) is 13.4. The van der Waals surface area contributed by atoms with Crippen molar-refractivity contribution in [1.29, 1.82) is 0 Å². The normalized spacial score (nSPS) is 14.6. The topological polar surface area (TPSA) is 120 Å². The Kier molecular flexibility index (Phi) is 5.78. The lowest BCUT2D eigenvalue weighted by atomic mass is 10.1. The van der Waals surface area contributed by atoms with Crippen LogP contribution in [-0.2, 0) is 11.4 Å². The standard InChI is InChI=1S/C18H14IN3O6/c1-27-15-8-11(7-14-17(23)21-18(24)20-14)6-13(19)16(15)28-9-10-2-4-12(5-3-10)22(25)26/h2-8H,9H2,1H3,(H2,20,21,23,24)/b14-7+. The molecule has 2 aromatic carbocycles. The molecule has 0 radical (unpaired) electrons. The number of nitrogens with zero attached hydrogens (tertiary/aromatic N) is 1. The molecule has 0 spiro atoms. The lowest BCUT2D eigenvalue weighted by molar-refractivity contribution is -0.384. The molecule has 1 aliphatic rings. The summed E-state index contributed by atoms with van der Waals surface area (Å²) >= 11 is 2.08. The monoisotopic (exact) mass is 495 g/mol. The van der Waals surface area contributed by atoms with Crippen molar-refractivity contribution in [3.8, 4) is 11.5 Å². The first kappa shape index (κ1) is 19.6. The van der Waals surface area contributed by atoms with Crippen molar-refractivity contribution in [2.75, 3.05) is 7.11 Å². The van der Waals surface area contributed by atoms with Crippen LogP contribution in [0.3, 0.4) is 0 Å². The van der Waals surface area contributed by atoms with E-state index in [-0.39, 0.29) is 18.0 Å². The number of amides is 3. The van der Waals surface area contributed by atoms with Crippen molar-refractivity contribution in [2.24, 2.45) is 0 Å². The molecule has 0 unspecified atom stereocenters. The maximum Gasteiger partial charge on any atom is 0.326 e. The van der Waals surface area contributed by atoms with Gasteiger partial charge in [0.2, 0.25) is 0 Å². The fraction of sp³-hybridized carbons (Fsp3) is 0.111. The van der Waals surface area contributed by atoms with E-state index in [1.54, 1.807) is 24.3 Å². The number of non-ortho nitro benzene ring substituents is 1. The molecule has 0 atom stereocenters. The van der Waals surface area contributed by atoms with E-state index in [4.69, 9.17) is 9.47 Å². The molecule has 3 amide bonds. The second kappa shape index (κ2) is 8.25. The van der Waals surface area contributed by atoms with Crippen LogP contribution in [0.5, 0.6) is 11.5 Å². The molecule has 1 saturated heterocycles.